The zero-order chi connectivity index (χ0) is 23.1. The number of fused-ring (bicyclic) bond motifs is 2. The normalized spacial score (nSPS) is 13.2. The minimum absolute atomic E-state index is 0.0914. The lowest BCUT2D eigenvalue weighted by atomic mass is 10.1. The van der Waals surface area contributed by atoms with Gasteiger partial charge in [-0.25, -0.2) is 4.90 Å². The van der Waals surface area contributed by atoms with E-state index in [1.165, 1.54) is 19.2 Å². The monoisotopic (exact) mass is 440 g/mol. The summed E-state index contributed by atoms with van der Waals surface area (Å²) in [5, 5.41) is 18.4. The van der Waals surface area contributed by atoms with Gasteiger partial charge in [-0.3, -0.25) is 14.4 Å². The first-order valence-electron chi connectivity index (χ1n) is 9.90. The van der Waals surface area contributed by atoms with E-state index in [4.69, 9.17) is 4.74 Å². The van der Waals surface area contributed by atoms with Crippen molar-refractivity contribution in [1.29, 1.82) is 0 Å². The Morgan fingerprint density at radius 3 is 2.39 bits per heavy atom. The number of carbonyl (C=O) groups excluding carboxylic acids is 3. The summed E-state index contributed by atoms with van der Waals surface area (Å²) in [7, 11) is 1.51. The summed E-state index contributed by atoms with van der Waals surface area (Å²) in [6.45, 7) is 0. The molecule has 1 aromatic heterocycles. The molecular formula is C24H16N4O5. The molecule has 162 valence electrons. The van der Waals surface area contributed by atoms with Gasteiger partial charge in [0, 0.05) is 10.9 Å². The van der Waals surface area contributed by atoms with Crippen LogP contribution in [0.4, 0.5) is 11.4 Å². The summed E-state index contributed by atoms with van der Waals surface area (Å²) in [6, 6.07) is 17.6. The average molecular weight is 440 g/mol. The van der Waals surface area contributed by atoms with Gasteiger partial charge in [0.15, 0.2) is 5.69 Å². The quantitative estimate of drug-likeness (QED) is 0.354. The number of carbonyl (C=O) groups is 3. The molecule has 0 radical (unpaired) electrons. The van der Waals surface area contributed by atoms with E-state index in [9.17, 15) is 19.5 Å². The predicted molar refractivity (Wildman–Crippen MR) is 119 cm³/mol. The zero-order valence-electron chi connectivity index (χ0n) is 17.3. The molecule has 0 unspecified atom stereocenters. The molecule has 9 nitrogen and oxygen atoms in total. The van der Waals surface area contributed by atoms with Crippen LogP contribution in [0, 0.1) is 0 Å². The number of hydrogen-bond acceptors (Lipinski definition) is 6. The number of azo groups is 1. The molecule has 3 amide bonds. The summed E-state index contributed by atoms with van der Waals surface area (Å²) >= 11 is 0. The standard InChI is InChI=1S/C24H16N4O5/c1-33-15-9-10-19-18(12-15)20(22(30)25-19)26-27-21(29)13-5-4-6-14(11-13)28-23(31)16-7-2-3-8-17(16)24(28)32/h2-12,25,30H,1H3. The molecule has 0 bridgehead atoms. The van der Waals surface area contributed by atoms with Gasteiger partial charge in [0.05, 0.1) is 29.4 Å². The highest BCUT2D eigenvalue weighted by molar-refractivity contribution is 6.34. The minimum Gasteiger partial charge on any atom is -0.497 e. The molecule has 9 heteroatoms. The maximum atomic E-state index is 12.7. The van der Waals surface area contributed by atoms with Gasteiger partial charge in [0.25, 0.3) is 17.7 Å². The molecule has 1 aliphatic rings. The Bertz CT molecular complexity index is 1450. The first-order chi connectivity index (χ1) is 16.0. The van der Waals surface area contributed by atoms with E-state index in [1.54, 1.807) is 54.6 Å². The summed E-state index contributed by atoms with van der Waals surface area (Å²) in [5.41, 5.74) is 1.69. The number of aromatic amines is 1. The van der Waals surface area contributed by atoms with E-state index in [0.29, 0.717) is 27.8 Å². The van der Waals surface area contributed by atoms with Gasteiger partial charge >= 0.3 is 0 Å². The van der Waals surface area contributed by atoms with Crippen molar-refractivity contribution in [1.82, 2.24) is 4.98 Å². The number of ether oxygens (including phenoxy) is 1. The average Bonchev–Trinajstić information content (AvgIpc) is 3.29. The van der Waals surface area contributed by atoms with Crippen molar-refractivity contribution in [2.45, 2.75) is 0 Å². The van der Waals surface area contributed by atoms with E-state index in [1.807, 2.05) is 0 Å². The Hall–Kier alpha value is -4.79. The van der Waals surface area contributed by atoms with Gasteiger partial charge in [-0.15, -0.1) is 10.2 Å². The van der Waals surface area contributed by atoms with Crippen molar-refractivity contribution in [2.24, 2.45) is 10.2 Å². The largest absolute Gasteiger partial charge is 0.497 e. The van der Waals surface area contributed by atoms with E-state index < -0.39 is 17.7 Å². The van der Waals surface area contributed by atoms with Crippen molar-refractivity contribution in [3.8, 4) is 11.6 Å². The number of imide groups is 1. The van der Waals surface area contributed by atoms with Crippen LogP contribution in [0.1, 0.15) is 31.1 Å². The minimum atomic E-state index is -0.704. The second kappa shape index (κ2) is 7.72. The first-order valence-corrected chi connectivity index (χ1v) is 9.90. The number of anilines is 1. The number of amides is 3. The fourth-order valence-electron chi connectivity index (χ4n) is 3.73. The molecule has 0 atom stereocenters. The topological polar surface area (TPSA) is 124 Å². The third kappa shape index (κ3) is 3.32. The Labute approximate surface area is 186 Å². The molecule has 3 aromatic carbocycles. The summed E-state index contributed by atoms with van der Waals surface area (Å²) in [5.74, 6) is -1.31. The number of nitrogens with one attached hydrogen (secondary N) is 1. The van der Waals surface area contributed by atoms with Crippen molar-refractivity contribution in [2.75, 3.05) is 12.0 Å². The molecule has 1 aliphatic heterocycles. The van der Waals surface area contributed by atoms with E-state index in [2.05, 4.69) is 15.2 Å². The van der Waals surface area contributed by atoms with Crippen LogP contribution in [0.15, 0.2) is 77.0 Å². The van der Waals surface area contributed by atoms with Gasteiger partial charge in [-0.05, 0) is 48.5 Å². The van der Waals surface area contributed by atoms with E-state index >= 15 is 0 Å². The zero-order valence-corrected chi connectivity index (χ0v) is 17.3. The Balaban J connectivity index is 1.45. The summed E-state index contributed by atoms with van der Waals surface area (Å²) < 4.78 is 5.19. The molecule has 0 saturated carbocycles. The molecule has 5 rings (SSSR count). The van der Waals surface area contributed by atoms with Crippen molar-refractivity contribution in [3.05, 3.63) is 83.4 Å². The number of hydrogen-bond donors (Lipinski definition) is 2. The van der Waals surface area contributed by atoms with Crippen LogP contribution >= 0.6 is 0 Å². The highest BCUT2D eigenvalue weighted by Gasteiger charge is 2.36. The number of rotatable bonds is 4. The predicted octanol–water partition coefficient (Wildman–Crippen LogP) is 4.61. The molecule has 0 spiro atoms. The molecule has 2 N–H and O–H groups in total. The third-order valence-corrected chi connectivity index (χ3v) is 5.35. The number of benzene rings is 3. The molecule has 4 aromatic rings. The third-order valence-electron chi connectivity index (χ3n) is 5.35. The van der Waals surface area contributed by atoms with Crippen molar-refractivity contribution < 1.29 is 24.2 Å². The van der Waals surface area contributed by atoms with Crippen LogP contribution in [0.25, 0.3) is 10.9 Å². The molecule has 33 heavy (non-hydrogen) atoms. The van der Waals surface area contributed by atoms with Crippen LogP contribution in [-0.4, -0.2) is 34.9 Å². The van der Waals surface area contributed by atoms with Crippen LogP contribution in [0.2, 0.25) is 0 Å². The smallest absolute Gasteiger partial charge is 0.295 e. The number of H-pyrrole nitrogens is 1. The van der Waals surface area contributed by atoms with Gasteiger partial charge in [0.1, 0.15) is 5.75 Å². The second-order valence-corrected chi connectivity index (χ2v) is 7.28. The van der Waals surface area contributed by atoms with Gasteiger partial charge in [-0.2, -0.15) is 0 Å². The Morgan fingerprint density at radius 1 is 0.970 bits per heavy atom. The SMILES string of the molecule is COc1ccc2[nH]c(O)c(N=NC(=O)c3cccc(N4C(=O)c5ccccc5C4=O)c3)c2c1. The number of methoxy groups -OCH3 is 1. The first kappa shape index (κ1) is 20.1. The van der Waals surface area contributed by atoms with E-state index in [-0.39, 0.29) is 22.8 Å². The molecular weight excluding hydrogens is 424 g/mol. The van der Waals surface area contributed by atoms with Crippen LogP contribution < -0.4 is 9.64 Å². The van der Waals surface area contributed by atoms with Gasteiger partial charge in [0.2, 0.25) is 5.88 Å². The summed E-state index contributed by atoms with van der Waals surface area (Å²) in [4.78, 5) is 41.9. The van der Waals surface area contributed by atoms with Gasteiger partial charge in [-0.1, -0.05) is 18.2 Å². The van der Waals surface area contributed by atoms with Gasteiger partial charge < -0.3 is 14.8 Å². The van der Waals surface area contributed by atoms with Crippen molar-refractivity contribution in [3.63, 3.8) is 0 Å². The van der Waals surface area contributed by atoms with E-state index in [0.717, 1.165) is 4.90 Å². The van der Waals surface area contributed by atoms with Crippen molar-refractivity contribution >= 4 is 40.0 Å². The fourth-order valence-corrected chi connectivity index (χ4v) is 3.73. The van der Waals surface area contributed by atoms with Crippen LogP contribution in [0.3, 0.4) is 0 Å². The second-order valence-electron chi connectivity index (χ2n) is 7.28. The highest BCUT2D eigenvalue weighted by Crippen LogP contribution is 2.37. The van der Waals surface area contributed by atoms with Crippen LogP contribution in [-0.2, 0) is 0 Å². The molecule has 2 heterocycles. The Morgan fingerprint density at radius 2 is 1.70 bits per heavy atom. The number of nitrogens with zero attached hydrogens (tertiary/aromatic N) is 3. The number of aromatic nitrogens is 1. The summed E-state index contributed by atoms with van der Waals surface area (Å²) in [6.07, 6.45) is 0. The maximum Gasteiger partial charge on any atom is 0.295 e. The lowest BCUT2D eigenvalue weighted by molar-refractivity contribution is 0.0923. The molecule has 0 fully saturated rings. The fraction of sp³-hybridized carbons (Fsp3) is 0.0417. The Kier molecular flexibility index (Phi) is 4.71. The highest BCUT2D eigenvalue weighted by atomic mass is 16.5. The lowest BCUT2D eigenvalue weighted by Crippen LogP contribution is -2.29. The lowest BCUT2D eigenvalue weighted by Gasteiger charge is -2.14. The van der Waals surface area contributed by atoms with Crippen LogP contribution in [0.5, 0.6) is 11.6 Å². The molecule has 0 saturated heterocycles. The molecule has 0 aliphatic carbocycles. The number of aromatic hydroxyl groups is 1. The maximum absolute atomic E-state index is 12.7.